The van der Waals surface area contributed by atoms with Crippen molar-refractivity contribution in [2.45, 2.75) is 13.0 Å². The molecule has 0 aliphatic carbocycles. The lowest BCUT2D eigenvalue weighted by Crippen LogP contribution is -2.46. The van der Waals surface area contributed by atoms with Crippen LogP contribution in [0.1, 0.15) is 17.3 Å². The second-order valence-electron chi connectivity index (χ2n) is 4.42. The minimum absolute atomic E-state index is 0. The van der Waals surface area contributed by atoms with Crippen LogP contribution in [0.25, 0.3) is 0 Å². The highest BCUT2D eigenvalue weighted by Crippen LogP contribution is 2.00. The van der Waals surface area contributed by atoms with E-state index in [9.17, 15) is 9.59 Å². The Morgan fingerprint density at radius 2 is 1.85 bits per heavy atom. The predicted octanol–water partition coefficient (Wildman–Crippen LogP) is 0.905. The van der Waals surface area contributed by atoms with E-state index >= 15 is 0 Å². The highest BCUT2D eigenvalue weighted by Gasteiger charge is 2.19. The number of rotatable bonds is 6. The van der Waals surface area contributed by atoms with Gasteiger partial charge in [0.05, 0.1) is 0 Å². The van der Waals surface area contributed by atoms with Crippen LogP contribution in [0.15, 0.2) is 30.3 Å². The molecule has 0 bridgehead atoms. The summed E-state index contributed by atoms with van der Waals surface area (Å²) < 4.78 is 0. The number of nitrogens with one attached hydrogen (secondary N) is 2. The first-order valence-electron chi connectivity index (χ1n) is 6.31. The number of halogens is 1. The number of likely N-dealkylation sites (N-methyl/N-ethyl adjacent to an activating group) is 2. The van der Waals surface area contributed by atoms with Gasteiger partial charge in [-0.2, -0.15) is 0 Å². The fourth-order valence-electron chi connectivity index (χ4n) is 1.65. The fourth-order valence-corrected chi connectivity index (χ4v) is 1.65. The monoisotopic (exact) mass is 299 g/mol. The van der Waals surface area contributed by atoms with Gasteiger partial charge in [0, 0.05) is 25.7 Å². The number of hydrogen-bond acceptors (Lipinski definition) is 3. The van der Waals surface area contributed by atoms with E-state index in [-0.39, 0.29) is 24.2 Å². The highest BCUT2D eigenvalue weighted by atomic mass is 35.5. The molecule has 0 radical (unpaired) electrons. The topological polar surface area (TPSA) is 61.4 Å². The molecule has 20 heavy (non-hydrogen) atoms. The summed E-state index contributed by atoms with van der Waals surface area (Å²) in [4.78, 5) is 25.5. The standard InChI is InChI=1S/C14H21N3O2.ClH/c1-11(14(19)17(3)10-9-15-2)16-13(18)12-7-5-4-6-8-12;/h4-8,11,15H,9-10H2,1-3H3,(H,16,18);1H. The van der Waals surface area contributed by atoms with E-state index in [0.717, 1.165) is 6.54 Å². The molecule has 1 aromatic carbocycles. The lowest BCUT2D eigenvalue weighted by Gasteiger charge is -2.22. The van der Waals surface area contributed by atoms with E-state index in [4.69, 9.17) is 0 Å². The Hall–Kier alpha value is -1.59. The molecule has 0 saturated carbocycles. The molecule has 112 valence electrons. The molecule has 1 unspecified atom stereocenters. The maximum Gasteiger partial charge on any atom is 0.251 e. The summed E-state index contributed by atoms with van der Waals surface area (Å²) in [6, 6.07) is 8.33. The van der Waals surface area contributed by atoms with E-state index in [1.165, 1.54) is 0 Å². The Balaban J connectivity index is 0.00000361. The van der Waals surface area contributed by atoms with Gasteiger partial charge in [-0.25, -0.2) is 0 Å². The van der Waals surface area contributed by atoms with Crippen molar-refractivity contribution in [3.05, 3.63) is 35.9 Å². The zero-order chi connectivity index (χ0) is 14.3. The van der Waals surface area contributed by atoms with Gasteiger partial charge in [-0.15, -0.1) is 12.4 Å². The molecule has 0 fully saturated rings. The van der Waals surface area contributed by atoms with Crippen molar-refractivity contribution in [3.8, 4) is 0 Å². The average molecular weight is 300 g/mol. The Morgan fingerprint density at radius 3 is 2.40 bits per heavy atom. The van der Waals surface area contributed by atoms with Gasteiger partial charge in [0.1, 0.15) is 6.04 Å². The predicted molar refractivity (Wildman–Crippen MR) is 82.2 cm³/mol. The van der Waals surface area contributed by atoms with Crippen LogP contribution in [0.5, 0.6) is 0 Å². The van der Waals surface area contributed by atoms with Gasteiger partial charge in [0.2, 0.25) is 5.91 Å². The highest BCUT2D eigenvalue weighted by molar-refractivity contribution is 5.97. The molecule has 2 amide bonds. The van der Waals surface area contributed by atoms with E-state index in [1.807, 2.05) is 13.1 Å². The SMILES string of the molecule is CNCCN(C)C(=O)C(C)NC(=O)c1ccccc1.Cl. The molecule has 1 atom stereocenters. The number of amides is 2. The van der Waals surface area contributed by atoms with Gasteiger partial charge < -0.3 is 15.5 Å². The van der Waals surface area contributed by atoms with Gasteiger partial charge in [-0.1, -0.05) is 18.2 Å². The van der Waals surface area contributed by atoms with Crippen LogP contribution in [-0.4, -0.2) is 49.9 Å². The zero-order valence-electron chi connectivity index (χ0n) is 12.1. The number of nitrogens with zero attached hydrogens (tertiary/aromatic N) is 1. The molecule has 0 aliphatic heterocycles. The van der Waals surface area contributed by atoms with Gasteiger partial charge in [-0.3, -0.25) is 9.59 Å². The first-order chi connectivity index (χ1) is 9.06. The van der Waals surface area contributed by atoms with Crippen LogP contribution in [-0.2, 0) is 4.79 Å². The molecule has 0 spiro atoms. The lowest BCUT2D eigenvalue weighted by atomic mass is 10.2. The Kier molecular flexibility index (Phi) is 8.59. The van der Waals surface area contributed by atoms with Crippen molar-refractivity contribution in [1.29, 1.82) is 0 Å². The van der Waals surface area contributed by atoms with Gasteiger partial charge >= 0.3 is 0 Å². The summed E-state index contributed by atoms with van der Waals surface area (Å²) in [5.74, 6) is -0.331. The zero-order valence-corrected chi connectivity index (χ0v) is 12.9. The molecule has 0 saturated heterocycles. The Bertz CT molecular complexity index is 426. The van der Waals surface area contributed by atoms with Crippen molar-refractivity contribution in [2.75, 3.05) is 27.2 Å². The van der Waals surface area contributed by atoms with Crippen LogP contribution in [0.4, 0.5) is 0 Å². The first-order valence-corrected chi connectivity index (χ1v) is 6.31. The van der Waals surface area contributed by atoms with Gasteiger partial charge in [-0.05, 0) is 26.1 Å². The van der Waals surface area contributed by atoms with Crippen LogP contribution >= 0.6 is 12.4 Å². The molecule has 1 rings (SSSR count). The first kappa shape index (κ1) is 18.4. The third-order valence-corrected chi connectivity index (χ3v) is 2.83. The summed E-state index contributed by atoms with van der Waals surface area (Å²) in [5, 5.41) is 5.68. The molecular weight excluding hydrogens is 278 g/mol. The number of benzene rings is 1. The van der Waals surface area contributed by atoms with Crippen molar-refractivity contribution in [1.82, 2.24) is 15.5 Å². The molecule has 5 nitrogen and oxygen atoms in total. The molecule has 0 heterocycles. The van der Waals surface area contributed by atoms with Crippen molar-refractivity contribution in [3.63, 3.8) is 0 Å². The maximum absolute atomic E-state index is 12.0. The fraction of sp³-hybridized carbons (Fsp3) is 0.429. The summed E-state index contributed by atoms with van der Waals surface area (Å²) in [5.41, 5.74) is 0.556. The smallest absolute Gasteiger partial charge is 0.251 e. The quantitative estimate of drug-likeness (QED) is 0.820. The van der Waals surface area contributed by atoms with E-state index in [1.54, 1.807) is 43.1 Å². The third-order valence-electron chi connectivity index (χ3n) is 2.83. The van der Waals surface area contributed by atoms with Crippen LogP contribution in [0.3, 0.4) is 0 Å². The van der Waals surface area contributed by atoms with Crippen LogP contribution in [0, 0.1) is 0 Å². The van der Waals surface area contributed by atoms with Crippen molar-refractivity contribution >= 4 is 24.2 Å². The average Bonchev–Trinajstić information content (AvgIpc) is 2.44. The summed E-state index contributed by atoms with van der Waals surface area (Å²) in [6.45, 7) is 3.03. The number of carbonyl (C=O) groups excluding carboxylic acids is 2. The molecule has 0 aliphatic rings. The third kappa shape index (κ3) is 5.59. The largest absolute Gasteiger partial charge is 0.343 e. The normalized spacial score (nSPS) is 11.2. The van der Waals surface area contributed by atoms with Crippen molar-refractivity contribution in [2.24, 2.45) is 0 Å². The Labute approximate surface area is 126 Å². The lowest BCUT2D eigenvalue weighted by molar-refractivity contribution is -0.131. The molecular formula is C14H22ClN3O2. The van der Waals surface area contributed by atoms with Crippen LogP contribution < -0.4 is 10.6 Å². The summed E-state index contributed by atoms with van der Waals surface area (Å²) >= 11 is 0. The van der Waals surface area contributed by atoms with Crippen LogP contribution in [0.2, 0.25) is 0 Å². The maximum atomic E-state index is 12.0. The Morgan fingerprint density at radius 1 is 1.25 bits per heavy atom. The molecule has 0 aromatic heterocycles. The summed E-state index contributed by atoms with van der Waals surface area (Å²) in [7, 11) is 3.56. The minimum Gasteiger partial charge on any atom is -0.343 e. The van der Waals surface area contributed by atoms with Gasteiger partial charge in [0.25, 0.3) is 5.91 Å². The minimum atomic E-state index is -0.533. The second kappa shape index (κ2) is 9.34. The number of carbonyl (C=O) groups is 2. The van der Waals surface area contributed by atoms with E-state index < -0.39 is 6.04 Å². The summed E-state index contributed by atoms with van der Waals surface area (Å²) in [6.07, 6.45) is 0. The second-order valence-corrected chi connectivity index (χ2v) is 4.42. The van der Waals surface area contributed by atoms with Crippen molar-refractivity contribution < 1.29 is 9.59 Å². The molecule has 6 heteroatoms. The molecule has 2 N–H and O–H groups in total. The van der Waals surface area contributed by atoms with E-state index in [2.05, 4.69) is 10.6 Å². The van der Waals surface area contributed by atoms with Gasteiger partial charge in [0.15, 0.2) is 0 Å². The van der Waals surface area contributed by atoms with E-state index in [0.29, 0.717) is 12.1 Å². The molecule has 1 aromatic rings. The number of hydrogen-bond donors (Lipinski definition) is 2.